The molecular weight excluding hydrogens is 318 g/mol. The summed E-state index contributed by atoms with van der Waals surface area (Å²) < 4.78 is 6.12. The Labute approximate surface area is 136 Å². The Morgan fingerprint density at radius 2 is 2.33 bits per heavy atom. The average molecular weight is 334 g/mol. The standard InChI is InChI=1S/C13H17N7O4/c1-7(11(14)22)20-6-16-12(9(20)5-21)19(3)13(23)15-4-10-17-8(2)18-24-10/h5-7H,4H2,1-3H3,(H2,14,22)(H,15,23)/p-1/t7-/m0/s1. The molecule has 2 amide bonds. The second-order valence-corrected chi connectivity index (χ2v) is 4.97. The van der Waals surface area contributed by atoms with Crippen molar-refractivity contribution >= 4 is 24.0 Å². The van der Waals surface area contributed by atoms with Crippen LogP contribution in [0.5, 0.6) is 0 Å². The summed E-state index contributed by atoms with van der Waals surface area (Å²) in [6, 6.07) is -1.44. The van der Waals surface area contributed by atoms with Crippen molar-refractivity contribution in [1.82, 2.24) is 25.0 Å². The molecular formula is C13H16N7O4-. The normalized spacial score (nSPS) is 11.8. The van der Waals surface area contributed by atoms with Crippen LogP contribution in [0.25, 0.3) is 0 Å². The highest BCUT2D eigenvalue weighted by Crippen LogP contribution is 2.19. The molecule has 0 aliphatic heterocycles. The van der Waals surface area contributed by atoms with Gasteiger partial charge in [-0.2, -0.15) is 4.98 Å². The SMILES string of the molecule is Cc1noc(CNC(=O)N(C)c2ncn([C@@H](C)C(=N)[O-])c2C=O)n1. The minimum absolute atomic E-state index is 0.0166. The lowest BCUT2D eigenvalue weighted by molar-refractivity contribution is -0.224. The number of hydrogen-bond donors (Lipinski definition) is 2. The van der Waals surface area contributed by atoms with E-state index in [1.165, 1.54) is 24.9 Å². The van der Waals surface area contributed by atoms with E-state index >= 15 is 0 Å². The number of carbonyl (C=O) groups is 2. The van der Waals surface area contributed by atoms with Gasteiger partial charge in [0.25, 0.3) is 0 Å². The number of rotatable bonds is 6. The van der Waals surface area contributed by atoms with Gasteiger partial charge in [-0.15, -0.1) is 0 Å². The van der Waals surface area contributed by atoms with Crippen molar-refractivity contribution in [2.45, 2.75) is 26.4 Å². The fraction of sp³-hybridized carbons (Fsp3) is 0.385. The first-order chi connectivity index (χ1) is 11.3. The maximum absolute atomic E-state index is 12.2. The number of aryl methyl sites for hydroxylation is 1. The van der Waals surface area contributed by atoms with Crippen LogP contribution in [0.4, 0.5) is 10.6 Å². The Bertz CT molecular complexity index is 766. The highest BCUT2D eigenvalue weighted by Gasteiger charge is 2.21. The Morgan fingerprint density at radius 1 is 1.62 bits per heavy atom. The second kappa shape index (κ2) is 6.89. The Kier molecular flexibility index (Phi) is 4.92. The third-order valence-electron chi connectivity index (χ3n) is 3.30. The lowest BCUT2D eigenvalue weighted by Crippen LogP contribution is -2.38. The summed E-state index contributed by atoms with van der Waals surface area (Å²) in [6.07, 6.45) is 1.72. The number of hydrogen-bond acceptors (Lipinski definition) is 8. The number of carbonyl (C=O) groups excluding carboxylic acids is 2. The zero-order chi connectivity index (χ0) is 17.9. The maximum Gasteiger partial charge on any atom is 0.323 e. The van der Waals surface area contributed by atoms with Gasteiger partial charge >= 0.3 is 6.03 Å². The third kappa shape index (κ3) is 3.39. The first kappa shape index (κ1) is 17.1. The molecule has 0 aliphatic rings. The molecule has 2 heterocycles. The van der Waals surface area contributed by atoms with Gasteiger partial charge in [0.05, 0.1) is 18.9 Å². The molecule has 0 spiro atoms. The molecule has 2 rings (SSSR count). The molecule has 0 saturated heterocycles. The second-order valence-electron chi connectivity index (χ2n) is 4.97. The molecule has 2 aromatic rings. The van der Waals surface area contributed by atoms with Crippen molar-refractivity contribution in [3.05, 3.63) is 23.7 Å². The molecule has 11 heteroatoms. The van der Waals surface area contributed by atoms with Gasteiger partial charge in [-0.25, -0.2) is 9.78 Å². The van der Waals surface area contributed by atoms with Crippen molar-refractivity contribution in [2.75, 3.05) is 11.9 Å². The number of nitrogens with zero attached hydrogens (tertiary/aromatic N) is 5. The van der Waals surface area contributed by atoms with E-state index in [0.29, 0.717) is 12.1 Å². The summed E-state index contributed by atoms with van der Waals surface area (Å²) in [6.45, 7) is 3.13. The Hall–Kier alpha value is -3.24. The lowest BCUT2D eigenvalue weighted by atomic mass is 10.3. The molecule has 2 N–H and O–H groups in total. The van der Waals surface area contributed by atoms with Gasteiger partial charge in [0.15, 0.2) is 17.9 Å². The monoisotopic (exact) mass is 334 g/mol. The summed E-state index contributed by atoms with van der Waals surface area (Å²) in [5.74, 6) is -0.120. The largest absolute Gasteiger partial charge is 0.861 e. The molecule has 0 fully saturated rings. The van der Waals surface area contributed by atoms with E-state index in [2.05, 4.69) is 20.4 Å². The minimum atomic E-state index is -0.885. The molecule has 0 saturated carbocycles. The molecule has 0 aromatic carbocycles. The van der Waals surface area contributed by atoms with Gasteiger partial charge in [0.1, 0.15) is 5.69 Å². The number of urea groups is 1. The first-order valence-corrected chi connectivity index (χ1v) is 6.93. The van der Waals surface area contributed by atoms with Crippen LogP contribution in [0.15, 0.2) is 10.9 Å². The molecule has 2 aromatic heterocycles. The van der Waals surface area contributed by atoms with E-state index in [-0.39, 0.29) is 23.9 Å². The molecule has 1 atom stereocenters. The quantitative estimate of drug-likeness (QED) is 0.415. The summed E-state index contributed by atoms with van der Waals surface area (Å²) in [4.78, 5) is 32.5. The summed E-state index contributed by atoms with van der Waals surface area (Å²) in [5.41, 5.74) is 0.0226. The third-order valence-corrected chi connectivity index (χ3v) is 3.30. The van der Waals surface area contributed by atoms with Gasteiger partial charge in [-0.1, -0.05) is 5.16 Å². The van der Waals surface area contributed by atoms with Crippen LogP contribution in [0.2, 0.25) is 0 Å². The number of amides is 2. The molecule has 0 bridgehead atoms. The zero-order valence-electron chi connectivity index (χ0n) is 13.3. The minimum Gasteiger partial charge on any atom is -0.861 e. The first-order valence-electron chi connectivity index (χ1n) is 6.93. The van der Waals surface area contributed by atoms with Crippen LogP contribution in [-0.2, 0) is 6.54 Å². The predicted octanol–water partition coefficient (Wildman–Crippen LogP) is -0.368. The fourth-order valence-corrected chi connectivity index (χ4v) is 1.95. The van der Waals surface area contributed by atoms with Crippen LogP contribution in [0, 0.1) is 12.3 Å². The number of anilines is 1. The van der Waals surface area contributed by atoms with Crippen LogP contribution in [0.3, 0.4) is 0 Å². The highest BCUT2D eigenvalue weighted by molar-refractivity contribution is 5.95. The van der Waals surface area contributed by atoms with Crippen LogP contribution < -0.4 is 15.3 Å². The number of aldehydes is 1. The van der Waals surface area contributed by atoms with E-state index < -0.39 is 18.0 Å². The molecule has 11 nitrogen and oxygen atoms in total. The van der Waals surface area contributed by atoms with Crippen molar-refractivity contribution in [2.24, 2.45) is 0 Å². The van der Waals surface area contributed by atoms with Crippen LogP contribution in [0.1, 0.15) is 35.2 Å². The Balaban J connectivity index is 2.13. The summed E-state index contributed by atoms with van der Waals surface area (Å²) >= 11 is 0. The highest BCUT2D eigenvalue weighted by atomic mass is 16.5. The van der Waals surface area contributed by atoms with Gasteiger partial charge in [-0.05, 0) is 19.7 Å². The molecule has 0 radical (unpaired) electrons. The summed E-state index contributed by atoms with van der Waals surface area (Å²) in [7, 11) is 1.42. The lowest BCUT2D eigenvalue weighted by Gasteiger charge is -2.20. The van der Waals surface area contributed by atoms with Crippen molar-refractivity contribution in [1.29, 1.82) is 5.41 Å². The van der Waals surface area contributed by atoms with Crippen molar-refractivity contribution in [3.63, 3.8) is 0 Å². The average Bonchev–Trinajstić information content (AvgIpc) is 3.16. The number of imidazole rings is 1. The molecule has 24 heavy (non-hydrogen) atoms. The van der Waals surface area contributed by atoms with E-state index in [9.17, 15) is 14.7 Å². The number of nitrogens with one attached hydrogen (secondary N) is 2. The maximum atomic E-state index is 12.2. The topological polar surface area (TPSA) is 153 Å². The Morgan fingerprint density at radius 3 is 2.88 bits per heavy atom. The summed E-state index contributed by atoms with van der Waals surface area (Å²) in [5, 5.41) is 24.5. The molecule has 0 aliphatic carbocycles. The van der Waals surface area contributed by atoms with Gasteiger partial charge in [0, 0.05) is 7.05 Å². The molecule has 128 valence electrons. The van der Waals surface area contributed by atoms with Gasteiger partial charge in [-0.3, -0.25) is 9.69 Å². The van der Waals surface area contributed by atoms with Gasteiger partial charge in [0.2, 0.25) is 5.89 Å². The van der Waals surface area contributed by atoms with Crippen LogP contribution >= 0.6 is 0 Å². The fourth-order valence-electron chi connectivity index (χ4n) is 1.95. The van der Waals surface area contributed by atoms with Crippen LogP contribution in [-0.4, -0.2) is 45.0 Å². The molecule has 0 unspecified atom stereocenters. The predicted molar refractivity (Wildman–Crippen MR) is 79.7 cm³/mol. The smallest absolute Gasteiger partial charge is 0.323 e. The van der Waals surface area contributed by atoms with E-state index in [4.69, 9.17) is 9.93 Å². The van der Waals surface area contributed by atoms with Crippen molar-refractivity contribution < 1.29 is 19.2 Å². The van der Waals surface area contributed by atoms with E-state index in [0.717, 1.165) is 4.90 Å². The van der Waals surface area contributed by atoms with Gasteiger partial charge < -0.3 is 24.9 Å². The zero-order valence-corrected chi connectivity index (χ0v) is 13.3. The van der Waals surface area contributed by atoms with E-state index in [1.54, 1.807) is 6.92 Å². The van der Waals surface area contributed by atoms with Crippen molar-refractivity contribution in [3.8, 4) is 0 Å². The van der Waals surface area contributed by atoms with E-state index in [1.807, 2.05) is 0 Å². The number of aromatic nitrogens is 4.